The van der Waals surface area contributed by atoms with Crippen molar-refractivity contribution in [3.05, 3.63) is 102 Å². The molecule has 0 fully saturated rings. The van der Waals surface area contributed by atoms with E-state index in [2.05, 4.69) is 15.3 Å². The maximum atomic E-state index is 13.9. The topological polar surface area (TPSA) is 75.2 Å². The largest absolute Gasteiger partial charge is 0.417 e. The van der Waals surface area contributed by atoms with Gasteiger partial charge in [0.2, 0.25) is 11.9 Å². The van der Waals surface area contributed by atoms with Crippen LogP contribution in [0.25, 0.3) is 11.1 Å². The van der Waals surface area contributed by atoms with Crippen LogP contribution in [0.1, 0.15) is 35.3 Å². The average molecular weight is 520 g/mol. The summed E-state index contributed by atoms with van der Waals surface area (Å²) in [4.78, 5) is 36.2. The van der Waals surface area contributed by atoms with Crippen LogP contribution in [0.2, 0.25) is 0 Å². The van der Waals surface area contributed by atoms with E-state index in [1.165, 1.54) is 35.5 Å². The van der Waals surface area contributed by atoms with Crippen molar-refractivity contribution in [2.24, 2.45) is 0 Å². The number of hydrogen-bond acceptors (Lipinski definition) is 4. The number of aromatic nitrogens is 2. The lowest BCUT2D eigenvalue weighted by Gasteiger charge is -2.21. The van der Waals surface area contributed by atoms with Gasteiger partial charge in [-0.1, -0.05) is 18.2 Å². The summed E-state index contributed by atoms with van der Waals surface area (Å²) in [6.07, 6.45) is -1.79. The molecular formula is C28H20F4N4O2. The Kier molecular flexibility index (Phi) is 5.97. The smallest absolute Gasteiger partial charge is 0.322 e. The van der Waals surface area contributed by atoms with Crippen molar-refractivity contribution in [1.29, 1.82) is 0 Å². The summed E-state index contributed by atoms with van der Waals surface area (Å²) in [5, 5.41) is 2.40. The first kappa shape index (κ1) is 25.1. The third kappa shape index (κ3) is 4.27. The van der Waals surface area contributed by atoms with Crippen LogP contribution in [-0.4, -0.2) is 21.8 Å². The summed E-state index contributed by atoms with van der Waals surface area (Å²) < 4.78 is 54.9. The molecule has 1 N–H and O–H groups in total. The van der Waals surface area contributed by atoms with Crippen LogP contribution in [0.5, 0.6) is 0 Å². The van der Waals surface area contributed by atoms with E-state index in [1.807, 2.05) is 0 Å². The molecule has 5 rings (SSSR count). The van der Waals surface area contributed by atoms with E-state index in [-0.39, 0.29) is 17.5 Å². The van der Waals surface area contributed by atoms with E-state index in [1.54, 1.807) is 38.1 Å². The fourth-order valence-corrected chi connectivity index (χ4v) is 4.60. The molecule has 0 aliphatic carbocycles. The van der Waals surface area contributed by atoms with Crippen LogP contribution >= 0.6 is 0 Å². The molecule has 0 radical (unpaired) electrons. The van der Waals surface area contributed by atoms with Gasteiger partial charge in [0.25, 0.3) is 5.91 Å². The van der Waals surface area contributed by atoms with E-state index < -0.39 is 34.4 Å². The normalized spacial score (nSPS) is 14.4. The minimum absolute atomic E-state index is 0.140. The zero-order chi connectivity index (χ0) is 27.2. The number of alkyl halides is 3. The zero-order valence-corrected chi connectivity index (χ0v) is 20.2. The quantitative estimate of drug-likeness (QED) is 0.311. The Balaban J connectivity index is 1.64. The van der Waals surface area contributed by atoms with Crippen molar-refractivity contribution in [1.82, 2.24) is 9.97 Å². The summed E-state index contributed by atoms with van der Waals surface area (Å²) in [7, 11) is 0. The number of anilines is 3. The molecule has 0 spiro atoms. The van der Waals surface area contributed by atoms with E-state index >= 15 is 0 Å². The van der Waals surface area contributed by atoms with Crippen LogP contribution in [0.15, 0.2) is 79.1 Å². The minimum atomic E-state index is -4.80. The van der Waals surface area contributed by atoms with E-state index in [9.17, 15) is 27.2 Å². The fraction of sp³-hybridized carbons (Fsp3) is 0.143. The first-order chi connectivity index (χ1) is 18.0. The van der Waals surface area contributed by atoms with E-state index in [0.717, 1.165) is 24.3 Å². The van der Waals surface area contributed by atoms with Gasteiger partial charge in [0.05, 0.1) is 22.2 Å². The van der Waals surface area contributed by atoms with Crippen molar-refractivity contribution >= 4 is 29.1 Å². The molecule has 4 aromatic rings. The monoisotopic (exact) mass is 520 g/mol. The third-order valence-corrected chi connectivity index (χ3v) is 6.38. The second-order valence-corrected chi connectivity index (χ2v) is 9.23. The predicted octanol–water partition coefficient (Wildman–Crippen LogP) is 6.51. The highest BCUT2D eigenvalue weighted by Gasteiger charge is 2.47. The molecule has 0 bridgehead atoms. The van der Waals surface area contributed by atoms with Crippen molar-refractivity contribution < 1.29 is 27.2 Å². The Labute approximate surface area is 215 Å². The summed E-state index contributed by atoms with van der Waals surface area (Å²) in [5.74, 6) is -1.68. The zero-order valence-electron chi connectivity index (χ0n) is 20.2. The molecule has 38 heavy (non-hydrogen) atoms. The Morgan fingerprint density at radius 1 is 0.947 bits per heavy atom. The number of fused-ring (bicyclic) bond motifs is 1. The molecule has 192 valence electrons. The van der Waals surface area contributed by atoms with Gasteiger partial charge in [-0.15, -0.1) is 0 Å². The molecule has 6 nitrogen and oxygen atoms in total. The Morgan fingerprint density at radius 3 is 2.29 bits per heavy atom. The molecule has 10 heteroatoms. The Morgan fingerprint density at radius 2 is 1.63 bits per heavy atom. The molecule has 2 amide bonds. The van der Waals surface area contributed by atoms with Gasteiger partial charge >= 0.3 is 6.18 Å². The molecule has 2 heterocycles. The van der Waals surface area contributed by atoms with Crippen LogP contribution in [0.3, 0.4) is 0 Å². The van der Waals surface area contributed by atoms with Gasteiger partial charge in [-0.3, -0.25) is 9.59 Å². The van der Waals surface area contributed by atoms with Gasteiger partial charge < -0.3 is 5.32 Å². The second-order valence-electron chi connectivity index (χ2n) is 9.23. The number of carbonyl (C=O) groups excluding carboxylic acids is 2. The first-order valence-electron chi connectivity index (χ1n) is 11.5. The standard InChI is InChI=1S/C28H20F4N4O2/c1-27(2)23-19(5-3-6-22(23)36(25(27)38)26-33-13-4-14-34-26)16-7-12-21(28(30,31)32)20(15-16)24(37)35-18-10-8-17(29)9-11-18/h3-15H,1-2H3,(H,35,37). The molecule has 0 saturated heterocycles. The van der Waals surface area contributed by atoms with Crippen LogP contribution in [0, 0.1) is 5.82 Å². The summed E-state index contributed by atoms with van der Waals surface area (Å²) in [5.41, 5.74) is -0.779. The molecule has 1 aliphatic rings. The van der Waals surface area contributed by atoms with Gasteiger partial charge in [-0.2, -0.15) is 13.2 Å². The predicted molar refractivity (Wildman–Crippen MR) is 133 cm³/mol. The summed E-state index contributed by atoms with van der Waals surface area (Å²) in [6.45, 7) is 3.43. The third-order valence-electron chi connectivity index (χ3n) is 6.38. The molecule has 1 aliphatic heterocycles. The van der Waals surface area contributed by atoms with Crippen molar-refractivity contribution in [3.8, 4) is 11.1 Å². The number of rotatable bonds is 4. The lowest BCUT2D eigenvalue weighted by molar-refractivity contribution is -0.137. The fourth-order valence-electron chi connectivity index (χ4n) is 4.60. The lowest BCUT2D eigenvalue weighted by atomic mass is 9.81. The SMILES string of the molecule is CC1(C)C(=O)N(c2ncccn2)c2cccc(-c3ccc(C(F)(F)F)c(C(=O)Nc4ccc(F)cc4)c3)c21. The number of hydrogen-bond donors (Lipinski definition) is 1. The number of nitrogens with zero attached hydrogens (tertiary/aromatic N) is 3. The highest BCUT2D eigenvalue weighted by atomic mass is 19.4. The van der Waals surface area contributed by atoms with Crippen LogP contribution < -0.4 is 10.2 Å². The molecule has 1 aromatic heterocycles. The summed E-state index contributed by atoms with van der Waals surface area (Å²) in [6, 6.07) is 14.6. The maximum Gasteiger partial charge on any atom is 0.417 e. The molecule has 0 unspecified atom stereocenters. The molecule has 0 atom stereocenters. The van der Waals surface area contributed by atoms with E-state index in [4.69, 9.17) is 0 Å². The lowest BCUT2D eigenvalue weighted by Crippen LogP contribution is -2.34. The molecular weight excluding hydrogens is 500 g/mol. The van der Waals surface area contributed by atoms with Gasteiger partial charge in [0, 0.05) is 18.1 Å². The first-order valence-corrected chi connectivity index (χ1v) is 11.5. The molecule has 3 aromatic carbocycles. The van der Waals surface area contributed by atoms with Crippen LogP contribution in [-0.2, 0) is 16.4 Å². The molecule has 0 saturated carbocycles. The Bertz CT molecular complexity index is 1550. The van der Waals surface area contributed by atoms with Gasteiger partial charge in [-0.25, -0.2) is 19.3 Å². The summed E-state index contributed by atoms with van der Waals surface area (Å²) >= 11 is 0. The highest BCUT2D eigenvalue weighted by Crippen LogP contribution is 2.49. The minimum Gasteiger partial charge on any atom is -0.322 e. The van der Waals surface area contributed by atoms with Gasteiger partial charge in [0.15, 0.2) is 0 Å². The number of benzene rings is 3. The Hall–Kier alpha value is -4.60. The van der Waals surface area contributed by atoms with Gasteiger partial charge in [0.1, 0.15) is 5.82 Å². The average Bonchev–Trinajstić information content (AvgIpc) is 3.10. The number of nitrogens with one attached hydrogen (secondary N) is 1. The number of amides is 2. The van der Waals surface area contributed by atoms with E-state index in [0.29, 0.717) is 22.4 Å². The highest BCUT2D eigenvalue weighted by molar-refractivity contribution is 6.13. The van der Waals surface area contributed by atoms with Crippen molar-refractivity contribution in [2.75, 3.05) is 10.2 Å². The maximum absolute atomic E-state index is 13.9. The van der Waals surface area contributed by atoms with Crippen LogP contribution in [0.4, 0.5) is 34.9 Å². The second kappa shape index (κ2) is 9.05. The van der Waals surface area contributed by atoms with Gasteiger partial charge in [-0.05, 0) is 79.1 Å². The van der Waals surface area contributed by atoms with Crippen molar-refractivity contribution in [3.63, 3.8) is 0 Å². The number of halogens is 4. The van der Waals surface area contributed by atoms with Crippen molar-refractivity contribution in [2.45, 2.75) is 25.4 Å². The number of carbonyl (C=O) groups is 2.